The van der Waals surface area contributed by atoms with Crippen molar-refractivity contribution in [2.45, 2.75) is 85.6 Å². The van der Waals surface area contributed by atoms with Crippen molar-refractivity contribution >= 4 is 45.4 Å². The Morgan fingerprint density at radius 2 is 1.31 bits per heavy atom. The number of hydrogen-bond acceptors (Lipinski definition) is 0. The Morgan fingerprint density at radius 1 is 0.688 bits per heavy atom. The van der Waals surface area contributed by atoms with Crippen LogP contribution < -0.4 is 15.6 Å². The molecule has 0 atom stereocenters. The van der Waals surface area contributed by atoms with Crippen LogP contribution in [0.15, 0.2) is 30.4 Å². The summed E-state index contributed by atoms with van der Waals surface area (Å²) in [5.74, 6) is 0. The maximum atomic E-state index is 2.59. The van der Waals surface area contributed by atoms with Crippen LogP contribution in [0.3, 0.4) is 0 Å². The summed E-state index contributed by atoms with van der Waals surface area (Å²) in [5, 5.41) is 5.25. The quantitative estimate of drug-likeness (QED) is 0.363. The van der Waals surface area contributed by atoms with E-state index in [0.29, 0.717) is 0 Å². The molecule has 0 unspecified atom stereocenters. The van der Waals surface area contributed by atoms with Crippen molar-refractivity contribution in [3.8, 4) is 11.1 Å². The van der Waals surface area contributed by atoms with Gasteiger partial charge in [0.25, 0.3) is 0 Å². The monoisotopic (exact) mass is 474 g/mol. The van der Waals surface area contributed by atoms with Crippen molar-refractivity contribution in [3.05, 3.63) is 58.2 Å². The zero-order valence-electron chi connectivity index (χ0n) is 22.3. The van der Waals surface area contributed by atoms with E-state index in [9.17, 15) is 0 Å². The lowest BCUT2D eigenvalue weighted by molar-refractivity contribution is 1.21. The van der Waals surface area contributed by atoms with Crippen molar-refractivity contribution in [2.24, 2.45) is 0 Å². The van der Waals surface area contributed by atoms with E-state index in [1.807, 2.05) is 0 Å². The van der Waals surface area contributed by atoms with Gasteiger partial charge in [0.1, 0.15) is 0 Å². The number of fused-ring (bicyclic) bond motifs is 3. The highest BCUT2D eigenvalue weighted by molar-refractivity contribution is 6.99. The second-order valence-electron chi connectivity index (χ2n) is 13.2. The van der Waals surface area contributed by atoms with Crippen LogP contribution in [-0.2, 0) is 6.42 Å². The molecule has 0 nitrogen and oxygen atoms in total. The Bertz CT molecular complexity index is 1170. The molecular weight excluding hydrogens is 433 g/mol. The second-order valence-corrected chi connectivity index (χ2v) is 28.2. The van der Waals surface area contributed by atoms with Gasteiger partial charge in [-0.15, -0.1) is 0 Å². The highest BCUT2D eigenvalue weighted by Crippen LogP contribution is 2.43. The maximum Gasteiger partial charge on any atom is 0.0784 e. The molecule has 32 heavy (non-hydrogen) atoms. The molecule has 0 heterocycles. The van der Waals surface area contributed by atoms with Crippen LogP contribution in [0.5, 0.6) is 0 Å². The third-order valence-electron chi connectivity index (χ3n) is 7.24. The van der Waals surface area contributed by atoms with E-state index in [1.54, 1.807) is 54.5 Å². The van der Waals surface area contributed by atoms with Crippen LogP contribution >= 0.6 is 0 Å². The Morgan fingerprint density at radius 3 is 1.81 bits per heavy atom. The average molecular weight is 475 g/mol. The zero-order valence-corrected chi connectivity index (χ0v) is 25.3. The molecule has 4 rings (SSSR count). The Balaban J connectivity index is 2.25. The van der Waals surface area contributed by atoms with E-state index in [2.05, 4.69) is 103 Å². The first kappa shape index (κ1) is 23.7. The third kappa shape index (κ3) is 3.80. The highest BCUT2D eigenvalue weighted by atomic mass is 28.3. The Kier molecular flexibility index (Phi) is 5.59. The van der Waals surface area contributed by atoms with Crippen LogP contribution in [0.1, 0.15) is 34.2 Å². The van der Waals surface area contributed by atoms with E-state index in [1.165, 1.54) is 5.56 Å². The fourth-order valence-corrected chi connectivity index (χ4v) is 14.3. The summed E-state index contributed by atoms with van der Waals surface area (Å²) in [7, 11) is -4.64. The number of allylic oxidation sites excluding steroid dienone is 4. The largest absolute Gasteiger partial charge is 0.0801 e. The molecule has 2 aliphatic carbocycles. The lowest BCUT2D eigenvalue weighted by atomic mass is 9.90. The predicted octanol–water partition coefficient (Wildman–Crippen LogP) is 6.85. The first-order valence-electron chi connectivity index (χ1n) is 12.3. The standard InChI is InChI=1S/C29H42Si3/c1-19-16-22-18-23-25(21-14-12-13-15-21)20(2)28(31(6,7)8)29(32(9,10)11)27(23)26(22)24(17-19)30(3,4)5/h12-14,16-17H,15,18H2,1-11H3. The Hall–Kier alpha value is -1.43. The maximum absolute atomic E-state index is 2.59. The van der Waals surface area contributed by atoms with Gasteiger partial charge >= 0.3 is 0 Å². The van der Waals surface area contributed by atoms with E-state index in [0.717, 1.165) is 12.8 Å². The highest BCUT2D eigenvalue weighted by Gasteiger charge is 2.40. The molecule has 0 aromatic heterocycles. The second kappa shape index (κ2) is 7.54. The van der Waals surface area contributed by atoms with E-state index < -0.39 is 24.2 Å². The molecule has 0 fully saturated rings. The van der Waals surface area contributed by atoms with Gasteiger partial charge in [-0.2, -0.15) is 0 Å². The van der Waals surface area contributed by atoms with Crippen molar-refractivity contribution in [1.82, 2.24) is 0 Å². The van der Waals surface area contributed by atoms with E-state index in [-0.39, 0.29) is 0 Å². The van der Waals surface area contributed by atoms with Crippen molar-refractivity contribution in [3.63, 3.8) is 0 Å². The topological polar surface area (TPSA) is 0 Å². The van der Waals surface area contributed by atoms with Crippen molar-refractivity contribution < 1.29 is 0 Å². The van der Waals surface area contributed by atoms with Gasteiger partial charge in [0.15, 0.2) is 0 Å². The van der Waals surface area contributed by atoms with Crippen LogP contribution in [0.25, 0.3) is 16.7 Å². The van der Waals surface area contributed by atoms with Crippen molar-refractivity contribution in [1.29, 1.82) is 0 Å². The molecule has 0 N–H and O–H groups in total. The van der Waals surface area contributed by atoms with Gasteiger partial charge in [-0.3, -0.25) is 0 Å². The first-order valence-corrected chi connectivity index (χ1v) is 22.8. The summed E-state index contributed by atoms with van der Waals surface area (Å²) in [6.45, 7) is 27.8. The molecule has 0 spiro atoms. The van der Waals surface area contributed by atoms with E-state index >= 15 is 0 Å². The van der Waals surface area contributed by atoms with Gasteiger partial charge in [0.2, 0.25) is 0 Å². The molecule has 0 radical (unpaired) electrons. The minimum Gasteiger partial charge on any atom is -0.0801 e. The normalized spacial score (nSPS) is 15.8. The first-order chi connectivity index (χ1) is 14.6. The minimum absolute atomic E-state index is 1.08. The summed E-state index contributed by atoms with van der Waals surface area (Å²) < 4.78 is 0. The number of hydrogen-bond donors (Lipinski definition) is 0. The molecule has 0 amide bonds. The summed E-state index contributed by atoms with van der Waals surface area (Å²) >= 11 is 0. The smallest absolute Gasteiger partial charge is 0.0784 e. The minimum atomic E-state index is -1.59. The molecule has 2 aromatic carbocycles. The molecular formula is C29H42Si3. The third-order valence-corrected chi connectivity index (χ3v) is 13.6. The molecule has 0 aliphatic heterocycles. The molecule has 0 saturated carbocycles. The molecule has 2 aliphatic rings. The van der Waals surface area contributed by atoms with E-state index in [4.69, 9.17) is 0 Å². The molecule has 2 aromatic rings. The predicted molar refractivity (Wildman–Crippen MR) is 155 cm³/mol. The van der Waals surface area contributed by atoms with Gasteiger partial charge in [-0.05, 0) is 65.6 Å². The summed E-state index contributed by atoms with van der Waals surface area (Å²) in [5.41, 5.74) is 12.8. The van der Waals surface area contributed by atoms with Gasteiger partial charge in [0.05, 0.1) is 24.2 Å². The number of benzene rings is 2. The van der Waals surface area contributed by atoms with Gasteiger partial charge in [-0.25, -0.2) is 0 Å². The molecule has 0 bridgehead atoms. The van der Waals surface area contributed by atoms with Crippen LogP contribution in [0, 0.1) is 13.8 Å². The number of rotatable bonds is 4. The fraction of sp³-hybridized carbons (Fsp3) is 0.448. The van der Waals surface area contributed by atoms with Crippen molar-refractivity contribution in [2.75, 3.05) is 0 Å². The lowest BCUT2D eigenvalue weighted by Crippen LogP contribution is -2.59. The Labute approximate surface area is 199 Å². The lowest BCUT2D eigenvalue weighted by Gasteiger charge is -2.35. The summed E-state index contributed by atoms with van der Waals surface area (Å²) in [4.78, 5) is 0. The van der Waals surface area contributed by atoms with Crippen LogP contribution in [0.4, 0.5) is 0 Å². The summed E-state index contributed by atoms with van der Waals surface area (Å²) in [6, 6.07) is 5.04. The van der Waals surface area contributed by atoms with Gasteiger partial charge in [-0.1, -0.05) is 110 Å². The molecule has 3 heteroatoms. The van der Waals surface area contributed by atoms with Gasteiger partial charge in [0, 0.05) is 0 Å². The SMILES string of the molecule is Cc1cc2c(c([Si](C)(C)C)c1)-c1c(c(C3=CC=CC3)c(C)c([Si](C)(C)C)c1[Si](C)(C)C)C2. The fourth-order valence-electron chi connectivity index (χ4n) is 6.23. The van der Waals surface area contributed by atoms with Gasteiger partial charge < -0.3 is 0 Å². The molecule has 0 saturated heterocycles. The summed E-state index contributed by atoms with van der Waals surface area (Å²) in [6.07, 6.45) is 9.18. The van der Waals surface area contributed by atoms with Crippen LogP contribution in [0.2, 0.25) is 58.9 Å². The molecule has 170 valence electrons. The average Bonchev–Trinajstić information content (AvgIpc) is 3.24. The zero-order chi connectivity index (χ0) is 23.8. The number of aryl methyl sites for hydroxylation is 1. The van der Waals surface area contributed by atoms with Crippen LogP contribution in [-0.4, -0.2) is 24.2 Å².